The second-order valence-corrected chi connectivity index (χ2v) is 5.09. The van der Waals surface area contributed by atoms with E-state index >= 15 is 0 Å². The predicted molar refractivity (Wildman–Crippen MR) is 78.4 cm³/mol. The smallest absolute Gasteiger partial charge is 0.293 e. The van der Waals surface area contributed by atoms with E-state index in [1.165, 1.54) is 12.1 Å². The van der Waals surface area contributed by atoms with E-state index in [0.717, 1.165) is 11.3 Å². The third-order valence-corrected chi connectivity index (χ3v) is 3.76. The van der Waals surface area contributed by atoms with Gasteiger partial charge in [0.1, 0.15) is 5.69 Å². The highest BCUT2D eigenvalue weighted by Crippen LogP contribution is 2.34. The maximum absolute atomic E-state index is 11.0. The van der Waals surface area contributed by atoms with Crippen LogP contribution in [0.15, 0.2) is 18.3 Å². The molecule has 0 bridgehead atoms. The minimum Gasteiger partial charge on any atom is -0.375 e. The summed E-state index contributed by atoms with van der Waals surface area (Å²) in [6.07, 6.45) is 1.71. The zero-order chi connectivity index (χ0) is 14.9. The van der Waals surface area contributed by atoms with E-state index in [1.807, 2.05) is 14.0 Å². The third-order valence-electron chi connectivity index (χ3n) is 3.04. The lowest BCUT2D eigenvalue weighted by molar-refractivity contribution is -0.383. The van der Waals surface area contributed by atoms with E-state index in [1.54, 1.807) is 10.9 Å². The number of rotatable bonds is 4. The summed E-state index contributed by atoms with van der Waals surface area (Å²) < 4.78 is 1.74. The normalized spacial score (nSPS) is 10.6. The standard InChI is InChI=1S/C12H12Cl2N4O2/c1-7-8(6-16-17(7)2)5-15-11-3-9(13)10(14)4-12(11)18(19)20/h3-4,6,15H,5H2,1-2H3. The van der Waals surface area contributed by atoms with Crippen molar-refractivity contribution >= 4 is 34.6 Å². The van der Waals surface area contributed by atoms with Gasteiger partial charge >= 0.3 is 0 Å². The Morgan fingerprint density at radius 3 is 2.60 bits per heavy atom. The Morgan fingerprint density at radius 2 is 2.05 bits per heavy atom. The molecule has 0 amide bonds. The van der Waals surface area contributed by atoms with Crippen LogP contribution >= 0.6 is 23.2 Å². The van der Waals surface area contributed by atoms with Gasteiger partial charge in [0.25, 0.3) is 5.69 Å². The lowest BCUT2D eigenvalue weighted by Gasteiger charge is -2.08. The van der Waals surface area contributed by atoms with Crippen LogP contribution in [0.25, 0.3) is 0 Å². The molecule has 0 radical (unpaired) electrons. The molecule has 1 N–H and O–H groups in total. The van der Waals surface area contributed by atoms with Crippen molar-refractivity contribution in [1.29, 1.82) is 0 Å². The minimum absolute atomic E-state index is 0.110. The number of nitro benzene ring substituents is 1. The first-order chi connectivity index (χ1) is 9.40. The summed E-state index contributed by atoms with van der Waals surface area (Å²) in [6.45, 7) is 2.34. The fourth-order valence-corrected chi connectivity index (χ4v) is 2.06. The van der Waals surface area contributed by atoms with Crippen molar-refractivity contribution < 1.29 is 4.92 Å². The van der Waals surface area contributed by atoms with Crippen LogP contribution in [-0.4, -0.2) is 14.7 Å². The Labute approximate surface area is 125 Å². The van der Waals surface area contributed by atoms with Crippen LogP contribution in [0, 0.1) is 17.0 Å². The maximum atomic E-state index is 11.0. The molecule has 0 aliphatic rings. The summed E-state index contributed by atoms with van der Waals surface area (Å²) in [6, 6.07) is 2.69. The molecular weight excluding hydrogens is 303 g/mol. The van der Waals surface area contributed by atoms with E-state index in [-0.39, 0.29) is 15.7 Å². The van der Waals surface area contributed by atoms with Crippen molar-refractivity contribution in [1.82, 2.24) is 9.78 Å². The Hall–Kier alpha value is -1.79. The number of hydrogen-bond acceptors (Lipinski definition) is 4. The highest BCUT2D eigenvalue weighted by molar-refractivity contribution is 6.42. The van der Waals surface area contributed by atoms with Gasteiger partial charge in [0, 0.05) is 30.9 Å². The van der Waals surface area contributed by atoms with Crippen LogP contribution in [0.4, 0.5) is 11.4 Å². The molecule has 0 atom stereocenters. The molecule has 1 aromatic carbocycles. The molecule has 2 rings (SSSR count). The van der Waals surface area contributed by atoms with Gasteiger partial charge in [-0.2, -0.15) is 5.10 Å². The quantitative estimate of drug-likeness (QED) is 0.691. The minimum atomic E-state index is -0.499. The number of nitrogens with one attached hydrogen (secondary N) is 1. The molecule has 0 saturated heterocycles. The van der Waals surface area contributed by atoms with Gasteiger partial charge in [0.05, 0.1) is 21.2 Å². The van der Waals surface area contributed by atoms with Crippen molar-refractivity contribution in [3.63, 3.8) is 0 Å². The molecule has 2 aromatic rings. The van der Waals surface area contributed by atoms with Gasteiger partial charge < -0.3 is 5.32 Å². The summed E-state index contributed by atoms with van der Waals surface area (Å²) in [5, 5.41) is 18.5. The van der Waals surface area contributed by atoms with E-state index in [4.69, 9.17) is 23.2 Å². The van der Waals surface area contributed by atoms with Gasteiger partial charge in [0.15, 0.2) is 0 Å². The number of nitro groups is 1. The number of aryl methyl sites for hydroxylation is 1. The zero-order valence-electron chi connectivity index (χ0n) is 10.9. The zero-order valence-corrected chi connectivity index (χ0v) is 12.4. The molecule has 0 saturated carbocycles. The van der Waals surface area contributed by atoms with Crippen molar-refractivity contribution in [2.45, 2.75) is 13.5 Å². The molecular formula is C12H12Cl2N4O2. The second kappa shape index (κ2) is 5.68. The predicted octanol–water partition coefficient (Wildman–Crippen LogP) is 3.56. The molecule has 20 heavy (non-hydrogen) atoms. The number of anilines is 1. The van der Waals surface area contributed by atoms with E-state index in [2.05, 4.69) is 10.4 Å². The second-order valence-electron chi connectivity index (χ2n) is 4.27. The lowest BCUT2D eigenvalue weighted by Crippen LogP contribution is -2.04. The molecule has 6 nitrogen and oxygen atoms in total. The Kier molecular flexibility index (Phi) is 4.15. The van der Waals surface area contributed by atoms with Crippen LogP contribution in [0.2, 0.25) is 10.0 Å². The average molecular weight is 315 g/mol. The summed E-state index contributed by atoms with van der Waals surface area (Å²) in [7, 11) is 1.83. The summed E-state index contributed by atoms with van der Waals surface area (Å²) in [4.78, 5) is 10.5. The van der Waals surface area contributed by atoms with E-state index in [0.29, 0.717) is 12.2 Å². The molecule has 1 aromatic heterocycles. The van der Waals surface area contributed by atoms with Gasteiger partial charge in [-0.25, -0.2) is 0 Å². The molecule has 1 heterocycles. The fraction of sp³-hybridized carbons (Fsp3) is 0.250. The van der Waals surface area contributed by atoms with Gasteiger partial charge in [-0.1, -0.05) is 23.2 Å². The maximum Gasteiger partial charge on any atom is 0.293 e. The van der Waals surface area contributed by atoms with E-state index < -0.39 is 4.92 Å². The first kappa shape index (κ1) is 14.6. The number of halogens is 2. The number of benzene rings is 1. The molecule has 0 fully saturated rings. The summed E-state index contributed by atoms with van der Waals surface area (Å²) in [5.41, 5.74) is 2.15. The number of aromatic nitrogens is 2. The van der Waals surface area contributed by atoms with Crippen molar-refractivity contribution in [3.05, 3.63) is 49.7 Å². The van der Waals surface area contributed by atoms with Crippen LogP contribution in [0.1, 0.15) is 11.3 Å². The Morgan fingerprint density at radius 1 is 1.40 bits per heavy atom. The first-order valence-electron chi connectivity index (χ1n) is 5.75. The number of hydrogen-bond donors (Lipinski definition) is 1. The highest BCUT2D eigenvalue weighted by atomic mass is 35.5. The monoisotopic (exact) mass is 314 g/mol. The van der Waals surface area contributed by atoms with Gasteiger partial charge in [-0.15, -0.1) is 0 Å². The third kappa shape index (κ3) is 2.86. The van der Waals surface area contributed by atoms with Crippen molar-refractivity contribution in [2.75, 3.05) is 5.32 Å². The van der Waals surface area contributed by atoms with Crippen LogP contribution in [0.3, 0.4) is 0 Å². The van der Waals surface area contributed by atoms with Crippen LogP contribution < -0.4 is 5.32 Å². The van der Waals surface area contributed by atoms with Crippen LogP contribution in [-0.2, 0) is 13.6 Å². The molecule has 0 spiro atoms. The molecule has 0 unspecified atom stereocenters. The Bertz CT molecular complexity index is 670. The topological polar surface area (TPSA) is 73.0 Å². The average Bonchev–Trinajstić information content (AvgIpc) is 2.71. The van der Waals surface area contributed by atoms with Gasteiger partial charge in [-0.3, -0.25) is 14.8 Å². The largest absolute Gasteiger partial charge is 0.375 e. The van der Waals surface area contributed by atoms with Crippen molar-refractivity contribution in [2.24, 2.45) is 7.05 Å². The Balaban J connectivity index is 2.27. The fourth-order valence-electron chi connectivity index (χ4n) is 1.74. The number of nitrogens with zero attached hydrogens (tertiary/aromatic N) is 3. The molecule has 8 heteroatoms. The van der Waals surface area contributed by atoms with Crippen molar-refractivity contribution in [3.8, 4) is 0 Å². The van der Waals surface area contributed by atoms with Gasteiger partial charge in [0.2, 0.25) is 0 Å². The molecule has 0 aliphatic heterocycles. The SMILES string of the molecule is Cc1c(CNc2cc(Cl)c(Cl)cc2[N+](=O)[O-])cnn1C. The molecule has 0 aliphatic carbocycles. The van der Waals surface area contributed by atoms with E-state index in [9.17, 15) is 10.1 Å². The highest BCUT2D eigenvalue weighted by Gasteiger charge is 2.17. The van der Waals surface area contributed by atoms with Gasteiger partial charge in [-0.05, 0) is 13.0 Å². The first-order valence-corrected chi connectivity index (χ1v) is 6.50. The summed E-state index contributed by atoms with van der Waals surface area (Å²) in [5.74, 6) is 0. The van der Waals surface area contributed by atoms with Crippen LogP contribution in [0.5, 0.6) is 0 Å². The molecule has 106 valence electrons. The lowest BCUT2D eigenvalue weighted by atomic mass is 10.2. The summed E-state index contributed by atoms with van der Waals surface area (Å²) >= 11 is 11.7.